The van der Waals surface area contributed by atoms with Crippen molar-refractivity contribution in [3.05, 3.63) is 69.3 Å². The van der Waals surface area contributed by atoms with E-state index >= 15 is 0 Å². The Hall–Kier alpha value is -3.93. The fraction of sp³-hybridized carbons (Fsp3) is 0.300. The van der Waals surface area contributed by atoms with E-state index in [4.69, 9.17) is 0 Å². The highest BCUT2D eigenvalue weighted by atomic mass is 19.4. The molecular weight excluding hydrogens is 579 g/mol. The van der Waals surface area contributed by atoms with Crippen LogP contribution in [-0.2, 0) is 5.92 Å². The van der Waals surface area contributed by atoms with Gasteiger partial charge in [-0.2, -0.15) is 57.1 Å². The summed E-state index contributed by atoms with van der Waals surface area (Å²) in [6.07, 6.45) is -7.54. The lowest BCUT2D eigenvalue weighted by molar-refractivity contribution is -0.441. The van der Waals surface area contributed by atoms with E-state index in [9.17, 15) is 76.8 Å². The number of imide groups is 1. The van der Waals surface area contributed by atoms with Crippen molar-refractivity contribution in [3.63, 3.8) is 0 Å². The predicted octanol–water partition coefficient (Wildman–Crippen LogP) is 6.59. The van der Waals surface area contributed by atoms with Crippen molar-refractivity contribution in [2.24, 2.45) is 0 Å². The zero-order valence-electron chi connectivity index (χ0n) is 18.0. The van der Waals surface area contributed by atoms with Crippen LogP contribution in [0.4, 0.5) is 68.5 Å². The van der Waals surface area contributed by atoms with Gasteiger partial charge in [0.1, 0.15) is 0 Å². The number of carbonyl (C=O) groups excluding carboxylic acids is 2. The van der Waals surface area contributed by atoms with Crippen molar-refractivity contribution in [2.75, 3.05) is 4.90 Å². The molecule has 2 aromatic carbocycles. The van der Waals surface area contributed by atoms with Crippen molar-refractivity contribution < 1.29 is 71.6 Å². The maximum absolute atomic E-state index is 14.3. The summed E-state index contributed by atoms with van der Waals surface area (Å²) in [6, 6.07) is 2.35. The molecule has 0 fully saturated rings. The number of fused-ring (bicyclic) bond motifs is 1. The van der Waals surface area contributed by atoms with Crippen LogP contribution < -0.4 is 4.90 Å². The fourth-order valence-corrected chi connectivity index (χ4v) is 3.35. The number of nitro benzene ring substituents is 1. The van der Waals surface area contributed by atoms with Crippen LogP contribution in [0.1, 0.15) is 26.3 Å². The lowest BCUT2D eigenvalue weighted by atomic mass is 9.90. The van der Waals surface area contributed by atoms with Crippen molar-refractivity contribution >= 4 is 23.2 Å². The summed E-state index contributed by atoms with van der Waals surface area (Å²) in [7, 11) is 0. The quantitative estimate of drug-likeness (QED) is 0.159. The van der Waals surface area contributed by atoms with Crippen molar-refractivity contribution in [1.29, 1.82) is 0 Å². The molecule has 212 valence electrons. The van der Waals surface area contributed by atoms with E-state index in [-0.39, 0.29) is 29.2 Å². The molecule has 39 heavy (non-hydrogen) atoms. The molecule has 0 spiro atoms. The van der Waals surface area contributed by atoms with E-state index < -0.39 is 80.6 Å². The molecule has 0 saturated heterocycles. The van der Waals surface area contributed by atoms with Crippen LogP contribution in [0.3, 0.4) is 0 Å². The molecule has 1 aliphatic heterocycles. The molecule has 0 atom stereocenters. The highest BCUT2D eigenvalue weighted by Gasteiger charge is 2.90. The third kappa shape index (κ3) is 3.96. The molecule has 19 heteroatoms. The van der Waals surface area contributed by atoms with Gasteiger partial charge >= 0.3 is 35.8 Å². The highest BCUT2D eigenvalue weighted by Crippen LogP contribution is 2.62. The summed E-state index contributed by atoms with van der Waals surface area (Å²) in [5, 5.41) is 10.9. The van der Waals surface area contributed by atoms with Crippen molar-refractivity contribution in [2.45, 2.75) is 35.8 Å². The Kier molecular flexibility index (Phi) is 6.48. The third-order valence-corrected chi connectivity index (χ3v) is 5.50. The first-order valence-corrected chi connectivity index (χ1v) is 9.68. The van der Waals surface area contributed by atoms with E-state index in [1.54, 1.807) is 0 Å². The van der Waals surface area contributed by atoms with E-state index in [2.05, 4.69) is 0 Å². The Bertz CT molecular complexity index is 1350. The first-order valence-electron chi connectivity index (χ1n) is 9.68. The van der Waals surface area contributed by atoms with E-state index in [0.29, 0.717) is 6.07 Å². The number of benzene rings is 2. The molecule has 0 radical (unpaired) electrons. The number of rotatable bonds is 7. The summed E-state index contributed by atoms with van der Waals surface area (Å²) >= 11 is 0. The maximum Gasteiger partial charge on any atom is 0.460 e. The summed E-state index contributed by atoms with van der Waals surface area (Å²) < 4.78 is 174. The number of non-ortho nitro benzene ring substituents is 1. The Balaban J connectivity index is 1.99. The molecule has 2 aromatic rings. The average Bonchev–Trinajstić information content (AvgIpc) is 3.07. The molecule has 0 unspecified atom stereocenters. The minimum Gasteiger partial charge on any atom is -0.268 e. The Morgan fingerprint density at radius 1 is 0.615 bits per heavy atom. The lowest BCUT2D eigenvalue weighted by Crippen LogP contribution is -2.69. The van der Waals surface area contributed by atoms with Gasteiger partial charge in [0, 0.05) is 17.7 Å². The van der Waals surface area contributed by atoms with Gasteiger partial charge in [-0.3, -0.25) is 19.7 Å². The molecule has 1 aliphatic rings. The van der Waals surface area contributed by atoms with Gasteiger partial charge in [-0.05, 0) is 18.2 Å². The summed E-state index contributed by atoms with van der Waals surface area (Å²) in [6.45, 7) is 0. The van der Waals surface area contributed by atoms with Gasteiger partial charge in [-0.1, -0.05) is 12.1 Å². The molecule has 0 saturated carbocycles. The monoisotopic (exact) mass is 586 g/mol. The highest BCUT2D eigenvalue weighted by molar-refractivity contribution is 6.34. The van der Waals surface area contributed by atoms with E-state index in [1.165, 1.54) is 0 Å². The number of nitro groups is 1. The van der Waals surface area contributed by atoms with Crippen LogP contribution in [-0.4, -0.2) is 46.6 Å². The zero-order chi connectivity index (χ0) is 30.1. The second-order valence-electron chi connectivity index (χ2n) is 7.85. The first kappa shape index (κ1) is 29.6. The standard InChI is InChI=1S/C20H7F13N2O4/c21-15(22,16(23,24)17(25,26)18(27,28)19(29,30)20(31,32)33)8-1-3-9(4-2-8)34-13(36)11-6-5-10(35(38)39)7-12(11)14(34)37/h1-7H. The number of hydrogen-bond acceptors (Lipinski definition) is 4. The molecule has 0 aromatic heterocycles. The summed E-state index contributed by atoms with van der Waals surface area (Å²) in [5.41, 5.74) is -4.67. The smallest absolute Gasteiger partial charge is 0.268 e. The number of carbonyl (C=O) groups is 2. The fourth-order valence-electron chi connectivity index (χ4n) is 3.35. The van der Waals surface area contributed by atoms with Crippen LogP contribution in [0.15, 0.2) is 42.5 Å². The second-order valence-corrected chi connectivity index (χ2v) is 7.85. The Morgan fingerprint density at radius 3 is 1.54 bits per heavy atom. The van der Waals surface area contributed by atoms with E-state index in [1.807, 2.05) is 0 Å². The second kappa shape index (κ2) is 8.54. The number of nitrogens with zero attached hydrogens (tertiary/aromatic N) is 2. The molecular formula is C20H7F13N2O4. The van der Waals surface area contributed by atoms with Crippen LogP contribution in [0, 0.1) is 10.1 Å². The maximum atomic E-state index is 14.3. The van der Waals surface area contributed by atoms with Crippen molar-refractivity contribution in [3.8, 4) is 0 Å². The number of amides is 2. The Labute approximate surface area is 205 Å². The van der Waals surface area contributed by atoms with Crippen LogP contribution in [0.25, 0.3) is 0 Å². The van der Waals surface area contributed by atoms with Crippen LogP contribution >= 0.6 is 0 Å². The van der Waals surface area contributed by atoms with Crippen molar-refractivity contribution in [1.82, 2.24) is 0 Å². The lowest BCUT2D eigenvalue weighted by Gasteiger charge is -2.39. The van der Waals surface area contributed by atoms with Gasteiger partial charge < -0.3 is 0 Å². The number of halogens is 13. The van der Waals surface area contributed by atoms with Gasteiger partial charge in [0.25, 0.3) is 17.5 Å². The summed E-state index contributed by atoms with van der Waals surface area (Å²) in [4.78, 5) is 35.1. The first-order chi connectivity index (χ1) is 17.4. The molecule has 0 aliphatic carbocycles. The van der Waals surface area contributed by atoms with E-state index in [0.717, 1.165) is 12.1 Å². The minimum absolute atomic E-state index is 0.182. The molecule has 6 nitrogen and oxygen atoms in total. The normalized spacial score (nSPS) is 15.6. The number of anilines is 1. The minimum atomic E-state index is -8.06. The van der Waals surface area contributed by atoms with Gasteiger partial charge in [0.05, 0.1) is 21.7 Å². The van der Waals surface area contributed by atoms with Crippen LogP contribution in [0.2, 0.25) is 0 Å². The molecule has 1 heterocycles. The van der Waals surface area contributed by atoms with Gasteiger partial charge in [0.2, 0.25) is 0 Å². The van der Waals surface area contributed by atoms with Gasteiger partial charge in [-0.15, -0.1) is 0 Å². The van der Waals surface area contributed by atoms with Crippen LogP contribution in [0.5, 0.6) is 0 Å². The molecule has 3 rings (SSSR count). The topological polar surface area (TPSA) is 80.5 Å². The number of hydrogen-bond donors (Lipinski definition) is 0. The SMILES string of the molecule is O=C1c2ccc([N+](=O)[O-])cc2C(=O)N1c1ccc(C(F)(F)C(F)(F)C(F)(F)C(F)(F)C(F)(F)C(F)(F)F)cc1. The molecule has 2 amide bonds. The molecule has 0 N–H and O–H groups in total. The molecule has 0 bridgehead atoms. The Morgan fingerprint density at radius 2 is 1.08 bits per heavy atom. The van der Waals surface area contributed by atoms with Gasteiger partial charge in [0.15, 0.2) is 0 Å². The average molecular weight is 586 g/mol. The zero-order valence-corrected chi connectivity index (χ0v) is 18.0. The summed E-state index contributed by atoms with van der Waals surface area (Å²) in [5.74, 6) is -40.5. The van der Waals surface area contributed by atoms with Gasteiger partial charge in [-0.25, -0.2) is 4.90 Å². The third-order valence-electron chi connectivity index (χ3n) is 5.50. The largest absolute Gasteiger partial charge is 0.460 e. The predicted molar refractivity (Wildman–Crippen MR) is 100 cm³/mol. The number of alkyl halides is 13.